The molecule has 0 aromatic carbocycles. The second-order valence-corrected chi connectivity index (χ2v) is 5.90. The van der Waals surface area contributed by atoms with E-state index in [4.69, 9.17) is 0 Å². The molecular weight excluding hydrogens is 266 g/mol. The van der Waals surface area contributed by atoms with Gasteiger partial charge in [-0.2, -0.15) is 0 Å². The Balaban J connectivity index is 2.31. The van der Waals surface area contributed by atoms with Crippen LogP contribution in [0.5, 0.6) is 0 Å². The molecule has 1 atom stereocenters. The van der Waals surface area contributed by atoms with Gasteiger partial charge in [0.1, 0.15) is 0 Å². The highest BCUT2D eigenvalue weighted by Crippen LogP contribution is 2.10. The van der Waals surface area contributed by atoms with Gasteiger partial charge in [0, 0.05) is 51.7 Å². The van der Waals surface area contributed by atoms with Crippen LogP contribution >= 0.6 is 0 Å². The van der Waals surface area contributed by atoms with Crippen molar-refractivity contribution in [3.05, 3.63) is 0 Å². The Labute approximate surface area is 129 Å². The van der Waals surface area contributed by atoms with Crippen LogP contribution in [-0.2, 0) is 4.79 Å². The molecule has 1 amide bonds. The zero-order chi connectivity index (χ0) is 15.8. The monoisotopic (exact) mass is 297 g/mol. The van der Waals surface area contributed by atoms with Crippen molar-refractivity contribution in [2.75, 3.05) is 40.3 Å². The molecule has 1 aliphatic heterocycles. The molecule has 0 saturated carbocycles. The van der Waals surface area contributed by atoms with Crippen LogP contribution in [-0.4, -0.2) is 74.0 Å². The molecule has 6 nitrogen and oxygen atoms in total. The Hall–Kier alpha value is -1.30. The minimum absolute atomic E-state index is 0.237. The molecule has 0 aromatic heterocycles. The van der Waals surface area contributed by atoms with Crippen LogP contribution in [0, 0.1) is 0 Å². The molecular formula is C15H31N5O. The predicted molar refractivity (Wildman–Crippen MR) is 87.5 cm³/mol. The van der Waals surface area contributed by atoms with E-state index >= 15 is 0 Å². The largest absolute Gasteiger partial charge is 0.355 e. The Bertz CT molecular complexity index is 356. The van der Waals surface area contributed by atoms with Gasteiger partial charge >= 0.3 is 0 Å². The molecule has 0 aliphatic carbocycles. The first-order valence-corrected chi connectivity index (χ1v) is 7.93. The number of nitrogens with one attached hydrogen (secondary N) is 2. The van der Waals surface area contributed by atoms with Crippen molar-refractivity contribution in [3.8, 4) is 0 Å². The summed E-state index contributed by atoms with van der Waals surface area (Å²) in [6.07, 6.45) is 1.57. The summed E-state index contributed by atoms with van der Waals surface area (Å²) in [6, 6.07) is 0.847. The standard InChI is InChI=1S/C15H31N5O/c1-6-14(21)20-9-7-13(11-20)18-15(16-4)17-8-10-19(5)12(2)3/h12-13H,6-11H2,1-5H3,(H2,16,17,18). The lowest BCUT2D eigenvalue weighted by molar-refractivity contribution is -0.129. The van der Waals surface area contributed by atoms with Crippen LogP contribution in [0.1, 0.15) is 33.6 Å². The molecule has 0 spiro atoms. The lowest BCUT2D eigenvalue weighted by Crippen LogP contribution is -2.47. The number of guanidine groups is 1. The molecule has 0 bridgehead atoms. The van der Waals surface area contributed by atoms with Gasteiger partial charge in [-0.3, -0.25) is 9.79 Å². The fourth-order valence-corrected chi connectivity index (χ4v) is 2.33. The molecule has 0 radical (unpaired) electrons. The van der Waals surface area contributed by atoms with Gasteiger partial charge in [-0.15, -0.1) is 0 Å². The van der Waals surface area contributed by atoms with Crippen LogP contribution in [0.2, 0.25) is 0 Å². The maximum absolute atomic E-state index is 11.7. The van der Waals surface area contributed by atoms with E-state index in [-0.39, 0.29) is 5.91 Å². The van der Waals surface area contributed by atoms with Crippen LogP contribution in [0.25, 0.3) is 0 Å². The van der Waals surface area contributed by atoms with Gasteiger partial charge in [-0.25, -0.2) is 0 Å². The minimum Gasteiger partial charge on any atom is -0.355 e. The number of amides is 1. The Kier molecular flexibility index (Phi) is 7.50. The van der Waals surface area contributed by atoms with Crippen LogP contribution < -0.4 is 10.6 Å². The highest BCUT2D eigenvalue weighted by molar-refractivity contribution is 5.80. The van der Waals surface area contributed by atoms with Crippen molar-refractivity contribution >= 4 is 11.9 Å². The summed E-state index contributed by atoms with van der Waals surface area (Å²) in [5.41, 5.74) is 0. The lowest BCUT2D eigenvalue weighted by Gasteiger charge is -2.22. The van der Waals surface area contributed by atoms with Crippen molar-refractivity contribution in [2.45, 2.75) is 45.7 Å². The normalized spacial score (nSPS) is 19.5. The highest BCUT2D eigenvalue weighted by atomic mass is 16.2. The maximum Gasteiger partial charge on any atom is 0.222 e. The van der Waals surface area contributed by atoms with E-state index in [9.17, 15) is 4.79 Å². The summed E-state index contributed by atoms with van der Waals surface area (Å²) >= 11 is 0. The van der Waals surface area contributed by atoms with E-state index in [1.165, 1.54) is 0 Å². The summed E-state index contributed by atoms with van der Waals surface area (Å²) in [4.78, 5) is 20.1. The molecule has 21 heavy (non-hydrogen) atoms. The average molecular weight is 297 g/mol. The number of aliphatic imine (C=N–C) groups is 1. The third kappa shape index (κ3) is 5.91. The molecule has 122 valence electrons. The molecule has 1 saturated heterocycles. The molecule has 2 N–H and O–H groups in total. The predicted octanol–water partition coefficient (Wildman–Crippen LogP) is 0.503. The van der Waals surface area contributed by atoms with Crippen LogP contribution in [0.15, 0.2) is 4.99 Å². The van der Waals surface area contributed by atoms with Crippen molar-refractivity contribution in [3.63, 3.8) is 0 Å². The highest BCUT2D eigenvalue weighted by Gasteiger charge is 2.25. The Morgan fingerprint density at radius 2 is 2.19 bits per heavy atom. The second-order valence-electron chi connectivity index (χ2n) is 5.90. The van der Waals surface area contributed by atoms with Gasteiger partial charge in [0.05, 0.1) is 0 Å². The number of likely N-dealkylation sites (N-methyl/N-ethyl adjacent to an activating group) is 1. The van der Waals surface area contributed by atoms with Crippen LogP contribution in [0.4, 0.5) is 0 Å². The topological polar surface area (TPSA) is 60.0 Å². The summed E-state index contributed by atoms with van der Waals surface area (Å²) in [7, 11) is 3.90. The third-order valence-electron chi connectivity index (χ3n) is 4.05. The van der Waals surface area contributed by atoms with E-state index in [1.54, 1.807) is 7.05 Å². The number of nitrogens with zero attached hydrogens (tertiary/aromatic N) is 3. The average Bonchev–Trinajstić information content (AvgIpc) is 2.93. The quantitative estimate of drug-likeness (QED) is 0.554. The smallest absolute Gasteiger partial charge is 0.222 e. The Morgan fingerprint density at radius 1 is 1.48 bits per heavy atom. The molecule has 1 rings (SSSR count). The molecule has 1 heterocycles. The number of carbonyl (C=O) groups excluding carboxylic acids is 1. The fraction of sp³-hybridized carbons (Fsp3) is 0.867. The zero-order valence-corrected chi connectivity index (χ0v) is 14.1. The molecule has 6 heteroatoms. The number of likely N-dealkylation sites (tertiary alicyclic amines) is 1. The van der Waals surface area contributed by atoms with Crippen molar-refractivity contribution in [2.24, 2.45) is 4.99 Å². The van der Waals surface area contributed by atoms with Gasteiger partial charge in [0.25, 0.3) is 0 Å². The third-order valence-corrected chi connectivity index (χ3v) is 4.05. The van der Waals surface area contributed by atoms with Crippen molar-refractivity contribution in [1.82, 2.24) is 20.4 Å². The van der Waals surface area contributed by atoms with Gasteiger partial charge in [0.2, 0.25) is 5.91 Å². The minimum atomic E-state index is 0.237. The first-order valence-electron chi connectivity index (χ1n) is 7.93. The van der Waals surface area contributed by atoms with E-state index in [0.717, 1.165) is 38.6 Å². The van der Waals surface area contributed by atoms with E-state index < -0.39 is 0 Å². The number of rotatable bonds is 6. The molecule has 0 aromatic rings. The summed E-state index contributed by atoms with van der Waals surface area (Å²) in [5.74, 6) is 1.06. The van der Waals surface area contributed by atoms with E-state index in [1.807, 2.05) is 11.8 Å². The number of hydrogen-bond acceptors (Lipinski definition) is 3. The molecule has 1 unspecified atom stereocenters. The van der Waals surface area contributed by atoms with E-state index in [2.05, 4.69) is 41.4 Å². The summed E-state index contributed by atoms with van der Waals surface area (Å²) in [5, 5.41) is 6.74. The zero-order valence-electron chi connectivity index (χ0n) is 14.1. The van der Waals surface area contributed by atoms with Crippen molar-refractivity contribution < 1.29 is 4.79 Å². The fourth-order valence-electron chi connectivity index (χ4n) is 2.33. The second kappa shape index (κ2) is 8.87. The van der Waals surface area contributed by atoms with E-state index in [0.29, 0.717) is 18.5 Å². The number of hydrogen-bond donors (Lipinski definition) is 2. The van der Waals surface area contributed by atoms with Gasteiger partial charge in [-0.05, 0) is 27.3 Å². The molecule has 1 aliphatic rings. The molecule has 1 fully saturated rings. The lowest BCUT2D eigenvalue weighted by atomic mass is 10.3. The maximum atomic E-state index is 11.7. The number of carbonyl (C=O) groups is 1. The first kappa shape index (κ1) is 17.8. The van der Waals surface area contributed by atoms with Crippen LogP contribution in [0.3, 0.4) is 0 Å². The Morgan fingerprint density at radius 3 is 2.76 bits per heavy atom. The summed E-state index contributed by atoms with van der Waals surface area (Å²) in [6.45, 7) is 9.74. The summed E-state index contributed by atoms with van der Waals surface area (Å²) < 4.78 is 0. The van der Waals surface area contributed by atoms with Gasteiger partial charge < -0.3 is 20.4 Å². The first-order chi connectivity index (χ1) is 9.97. The SMILES string of the molecule is CCC(=O)N1CCC(NC(=NC)NCCN(C)C(C)C)C1. The van der Waals surface area contributed by atoms with Gasteiger partial charge in [0.15, 0.2) is 5.96 Å². The van der Waals surface area contributed by atoms with Gasteiger partial charge in [-0.1, -0.05) is 6.92 Å². The van der Waals surface area contributed by atoms with Crippen molar-refractivity contribution in [1.29, 1.82) is 0 Å².